The number of likely N-dealkylation sites (tertiary alicyclic amines) is 1. The fourth-order valence-electron chi connectivity index (χ4n) is 3.93. The number of nitrogens with zero attached hydrogens (tertiary/aromatic N) is 1. The van der Waals surface area contributed by atoms with E-state index in [1.54, 1.807) is 0 Å². The molecule has 0 unspecified atom stereocenters. The maximum Gasteiger partial charge on any atom is 0.233 e. The Morgan fingerprint density at radius 2 is 1.59 bits per heavy atom. The van der Waals surface area contributed by atoms with Crippen LogP contribution in [0.4, 0.5) is 8.78 Å². The Bertz CT molecular complexity index is 545. The standard InChI is InChI=1S/C18H23F2NO/c1-13(19)12-15(14(2)20)18(4-3-5-18)16(22)21-10-8-17(6-7-17)9-11-21/h12H,1-11H2/b15-12+. The van der Waals surface area contributed by atoms with Gasteiger partial charge in [0.2, 0.25) is 5.91 Å². The first-order chi connectivity index (χ1) is 10.4. The van der Waals surface area contributed by atoms with Crippen LogP contribution in [0.15, 0.2) is 36.5 Å². The number of hydrogen-bond acceptors (Lipinski definition) is 1. The highest BCUT2D eigenvalue weighted by molar-refractivity contribution is 5.88. The second kappa shape index (κ2) is 5.32. The average Bonchev–Trinajstić information content (AvgIpc) is 3.16. The van der Waals surface area contributed by atoms with Crippen molar-refractivity contribution in [1.29, 1.82) is 0 Å². The average molecular weight is 307 g/mol. The summed E-state index contributed by atoms with van der Waals surface area (Å²) < 4.78 is 27.1. The maximum atomic E-state index is 13.9. The van der Waals surface area contributed by atoms with Crippen LogP contribution in [-0.4, -0.2) is 23.9 Å². The molecule has 1 amide bonds. The van der Waals surface area contributed by atoms with Crippen molar-refractivity contribution in [2.24, 2.45) is 10.8 Å². The van der Waals surface area contributed by atoms with Crippen LogP contribution >= 0.6 is 0 Å². The monoisotopic (exact) mass is 307 g/mol. The fourth-order valence-corrected chi connectivity index (χ4v) is 3.93. The summed E-state index contributed by atoms with van der Waals surface area (Å²) in [6, 6.07) is 0. The minimum atomic E-state index is -0.922. The van der Waals surface area contributed by atoms with Crippen LogP contribution in [0.3, 0.4) is 0 Å². The van der Waals surface area contributed by atoms with Gasteiger partial charge in [0.25, 0.3) is 0 Å². The van der Waals surface area contributed by atoms with Gasteiger partial charge in [0, 0.05) is 18.7 Å². The molecule has 0 aromatic carbocycles. The van der Waals surface area contributed by atoms with E-state index in [4.69, 9.17) is 0 Å². The lowest BCUT2D eigenvalue weighted by molar-refractivity contribution is -0.146. The summed E-state index contributed by atoms with van der Waals surface area (Å²) in [7, 11) is 0. The summed E-state index contributed by atoms with van der Waals surface area (Å²) in [4.78, 5) is 14.8. The molecule has 0 atom stereocenters. The lowest BCUT2D eigenvalue weighted by Gasteiger charge is -2.46. The predicted molar refractivity (Wildman–Crippen MR) is 82.3 cm³/mol. The predicted octanol–water partition coefficient (Wildman–Crippen LogP) is 4.45. The number of rotatable bonds is 4. The molecular formula is C18H23F2NO. The van der Waals surface area contributed by atoms with E-state index in [1.807, 2.05) is 4.90 Å². The Kier molecular flexibility index (Phi) is 3.74. The van der Waals surface area contributed by atoms with Crippen LogP contribution in [0.25, 0.3) is 0 Å². The van der Waals surface area contributed by atoms with Crippen molar-refractivity contribution in [3.05, 3.63) is 36.5 Å². The molecule has 0 aromatic rings. The van der Waals surface area contributed by atoms with Crippen molar-refractivity contribution >= 4 is 5.91 Å². The van der Waals surface area contributed by atoms with Gasteiger partial charge in [-0.3, -0.25) is 4.79 Å². The minimum absolute atomic E-state index is 0.0550. The number of allylic oxidation sites excluding steroid dienone is 3. The van der Waals surface area contributed by atoms with E-state index in [0.29, 0.717) is 18.3 Å². The Balaban J connectivity index is 1.81. The molecule has 2 nitrogen and oxygen atoms in total. The number of amides is 1. The van der Waals surface area contributed by atoms with Crippen molar-refractivity contribution in [3.63, 3.8) is 0 Å². The molecule has 0 radical (unpaired) electrons. The van der Waals surface area contributed by atoms with Gasteiger partial charge in [-0.25, -0.2) is 8.78 Å². The van der Waals surface area contributed by atoms with Gasteiger partial charge in [-0.15, -0.1) is 0 Å². The summed E-state index contributed by atoms with van der Waals surface area (Å²) in [6.07, 6.45) is 7.66. The largest absolute Gasteiger partial charge is 0.342 e. The molecule has 3 rings (SSSR count). The first-order valence-electron chi connectivity index (χ1n) is 8.09. The first-order valence-corrected chi connectivity index (χ1v) is 8.09. The summed E-state index contributed by atoms with van der Waals surface area (Å²) in [6.45, 7) is 7.95. The Morgan fingerprint density at radius 1 is 1.00 bits per heavy atom. The van der Waals surface area contributed by atoms with Gasteiger partial charge in [-0.2, -0.15) is 0 Å². The van der Waals surface area contributed by atoms with Crippen LogP contribution in [0.2, 0.25) is 0 Å². The summed E-state index contributed by atoms with van der Waals surface area (Å²) in [5, 5.41) is 0. The highest BCUT2D eigenvalue weighted by Crippen LogP contribution is 2.55. The highest BCUT2D eigenvalue weighted by atomic mass is 19.1. The molecule has 0 N–H and O–H groups in total. The van der Waals surface area contributed by atoms with Crippen molar-refractivity contribution in [2.45, 2.75) is 44.9 Å². The van der Waals surface area contributed by atoms with Gasteiger partial charge in [-0.1, -0.05) is 19.6 Å². The van der Waals surface area contributed by atoms with E-state index in [9.17, 15) is 13.6 Å². The number of piperidine rings is 1. The molecule has 2 aliphatic carbocycles. The van der Waals surface area contributed by atoms with Gasteiger partial charge in [0.15, 0.2) is 0 Å². The third-order valence-electron chi connectivity index (χ3n) is 5.79. The third kappa shape index (κ3) is 2.53. The number of halogens is 2. The zero-order chi connectivity index (χ0) is 16.0. The zero-order valence-electron chi connectivity index (χ0n) is 13.0. The van der Waals surface area contributed by atoms with Crippen molar-refractivity contribution in [3.8, 4) is 0 Å². The molecule has 1 heterocycles. The molecule has 2 saturated carbocycles. The molecular weight excluding hydrogens is 284 g/mol. The van der Waals surface area contributed by atoms with E-state index < -0.39 is 17.1 Å². The topological polar surface area (TPSA) is 20.3 Å². The van der Waals surface area contributed by atoms with Crippen LogP contribution in [0, 0.1) is 10.8 Å². The first kappa shape index (κ1) is 15.4. The number of hydrogen-bond donors (Lipinski definition) is 0. The lowest BCUT2D eigenvalue weighted by atomic mass is 9.62. The van der Waals surface area contributed by atoms with Crippen molar-refractivity contribution < 1.29 is 13.6 Å². The van der Waals surface area contributed by atoms with Gasteiger partial charge < -0.3 is 4.90 Å². The Labute approximate surface area is 130 Å². The van der Waals surface area contributed by atoms with Crippen LogP contribution in [0.1, 0.15) is 44.9 Å². The van der Waals surface area contributed by atoms with Crippen molar-refractivity contribution in [2.75, 3.05) is 13.1 Å². The number of carbonyl (C=O) groups is 1. The number of carbonyl (C=O) groups excluding carboxylic acids is 1. The quantitative estimate of drug-likeness (QED) is 0.703. The smallest absolute Gasteiger partial charge is 0.233 e. The fraction of sp³-hybridized carbons (Fsp3) is 0.611. The lowest BCUT2D eigenvalue weighted by Crippen LogP contribution is -2.51. The van der Waals surface area contributed by atoms with Crippen molar-refractivity contribution in [1.82, 2.24) is 4.90 Å². The van der Waals surface area contributed by atoms with Crippen LogP contribution in [-0.2, 0) is 4.79 Å². The Hall–Kier alpha value is -1.45. The summed E-state index contributed by atoms with van der Waals surface area (Å²) >= 11 is 0. The van der Waals surface area contributed by atoms with E-state index in [0.717, 1.165) is 38.4 Å². The van der Waals surface area contributed by atoms with Gasteiger partial charge in [0.1, 0.15) is 11.7 Å². The third-order valence-corrected chi connectivity index (χ3v) is 5.79. The SMILES string of the molecule is C=C(F)/C=C(\C(=C)F)C1(C(=O)N2CCC3(CC2)CC3)CCC1. The molecule has 0 aromatic heterocycles. The molecule has 22 heavy (non-hydrogen) atoms. The summed E-state index contributed by atoms with van der Waals surface area (Å²) in [5.74, 6) is -1.51. The molecule has 3 aliphatic rings. The molecule has 3 fully saturated rings. The van der Waals surface area contributed by atoms with E-state index in [-0.39, 0.29) is 11.5 Å². The minimum Gasteiger partial charge on any atom is -0.342 e. The Morgan fingerprint density at radius 3 is 1.95 bits per heavy atom. The van der Waals surface area contributed by atoms with E-state index >= 15 is 0 Å². The molecule has 4 heteroatoms. The molecule has 1 saturated heterocycles. The van der Waals surface area contributed by atoms with E-state index in [2.05, 4.69) is 13.2 Å². The molecule has 1 aliphatic heterocycles. The van der Waals surface area contributed by atoms with Gasteiger partial charge in [-0.05, 0) is 50.0 Å². The second-order valence-corrected chi connectivity index (χ2v) is 7.14. The molecule has 1 spiro atoms. The molecule has 120 valence electrons. The molecule has 0 bridgehead atoms. The van der Waals surface area contributed by atoms with Gasteiger partial charge in [0.05, 0.1) is 5.41 Å². The highest BCUT2D eigenvalue weighted by Gasteiger charge is 2.52. The van der Waals surface area contributed by atoms with Gasteiger partial charge >= 0.3 is 0 Å². The van der Waals surface area contributed by atoms with E-state index in [1.165, 1.54) is 12.8 Å². The van der Waals surface area contributed by atoms with Crippen LogP contribution < -0.4 is 0 Å². The zero-order valence-corrected chi connectivity index (χ0v) is 13.0. The van der Waals surface area contributed by atoms with Crippen LogP contribution in [0.5, 0.6) is 0 Å². The normalized spacial score (nSPS) is 25.5. The second-order valence-electron chi connectivity index (χ2n) is 7.14. The summed E-state index contributed by atoms with van der Waals surface area (Å²) in [5.41, 5.74) is -0.350. The maximum absolute atomic E-state index is 13.9.